The van der Waals surface area contributed by atoms with Crippen LogP contribution in [0.5, 0.6) is 0 Å². The molecule has 4 atom stereocenters. The lowest BCUT2D eigenvalue weighted by Crippen LogP contribution is -2.41. The molecule has 0 bridgehead atoms. The second-order valence-electron chi connectivity index (χ2n) is 3.60. The zero-order chi connectivity index (χ0) is 12.3. The fraction of sp³-hybridized carbons (Fsp3) is 0.667. The van der Waals surface area contributed by atoms with E-state index in [4.69, 9.17) is 5.53 Å². The average molecular weight is 254 g/mol. The van der Waals surface area contributed by atoms with Gasteiger partial charge in [-0.3, -0.25) is 0 Å². The van der Waals surface area contributed by atoms with Gasteiger partial charge in [0.1, 0.15) is 18.1 Å². The van der Waals surface area contributed by atoms with Crippen molar-refractivity contribution in [3.8, 4) is 0 Å². The van der Waals surface area contributed by atoms with Crippen LogP contribution in [-0.2, 0) is 0 Å². The number of allylic oxidation sites excluding steroid dienone is 2. The van der Waals surface area contributed by atoms with Crippen LogP contribution in [0, 0.1) is 17.4 Å². The molecule has 7 heteroatoms. The van der Waals surface area contributed by atoms with Crippen LogP contribution in [0.4, 0.5) is 17.6 Å². The Hall–Kier alpha value is -0.850. The summed E-state index contributed by atoms with van der Waals surface area (Å²) in [5, 5.41) is 4.08. The van der Waals surface area contributed by atoms with Gasteiger partial charge in [0.25, 0.3) is 0 Å². The summed E-state index contributed by atoms with van der Waals surface area (Å²) in [4.78, 5) is 0. The standard InChI is InChI=1S/C9H10F4N2S/c10-8-5(7(4-16)15-14)2-1-3-6(8)9(11,12)13/h1,3-8,14H,2H2. The molecule has 0 amide bonds. The molecule has 0 fully saturated rings. The first-order valence-electron chi connectivity index (χ1n) is 4.61. The summed E-state index contributed by atoms with van der Waals surface area (Å²) in [6, 6.07) is -0.972. The highest BCUT2D eigenvalue weighted by molar-refractivity contribution is 7.79. The van der Waals surface area contributed by atoms with Crippen LogP contribution in [0.3, 0.4) is 0 Å². The van der Waals surface area contributed by atoms with Crippen molar-refractivity contribution in [2.75, 3.05) is 0 Å². The molecule has 0 saturated heterocycles. The smallest absolute Gasteiger partial charge is 0.246 e. The molecule has 90 valence electrons. The van der Waals surface area contributed by atoms with E-state index in [-0.39, 0.29) is 6.42 Å². The second-order valence-corrected chi connectivity index (χ2v) is 3.87. The summed E-state index contributed by atoms with van der Waals surface area (Å²) in [7, 11) is 0. The Kier molecular flexibility index (Phi) is 4.12. The van der Waals surface area contributed by atoms with Crippen molar-refractivity contribution in [3.63, 3.8) is 0 Å². The Morgan fingerprint density at radius 2 is 2.12 bits per heavy atom. The predicted octanol–water partition coefficient (Wildman–Crippen LogP) is 3.48. The lowest BCUT2D eigenvalue weighted by Gasteiger charge is -2.31. The number of nitrogens with one attached hydrogen (secondary N) is 1. The molecule has 0 aromatic rings. The van der Waals surface area contributed by atoms with Crippen LogP contribution >= 0.6 is 12.2 Å². The Labute approximate surface area is 95.2 Å². The largest absolute Gasteiger partial charge is 0.397 e. The fourth-order valence-corrected chi connectivity index (χ4v) is 1.99. The van der Waals surface area contributed by atoms with Crippen molar-refractivity contribution >= 4 is 17.6 Å². The van der Waals surface area contributed by atoms with Gasteiger partial charge in [0.2, 0.25) is 0 Å². The van der Waals surface area contributed by atoms with E-state index in [1.54, 1.807) is 0 Å². The number of thiocarbonyl (C=S) groups is 1. The molecular formula is C9H10F4N2S. The van der Waals surface area contributed by atoms with Crippen molar-refractivity contribution in [1.82, 2.24) is 0 Å². The summed E-state index contributed by atoms with van der Waals surface area (Å²) in [6.45, 7) is 0. The van der Waals surface area contributed by atoms with E-state index in [9.17, 15) is 17.6 Å². The van der Waals surface area contributed by atoms with Crippen molar-refractivity contribution in [3.05, 3.63) is 12.2 Å². The third-order valence-electron chi connectivity index (χ3n) is 2.61. The van der Waals surface area contributed by atoms with Gasteiger partial charge in [0.05, 0.1) is 0 Å². The molecule has 0 aliphatic heterocycles. The van der Waals surface area contributed by atoms with Crippen molar-refractivity contribution in [1.29, 1.82) is 5.53 Å². The zero-order valence-corrected chi connectivity index (χ0v) is 8.93. The van der Waals surface area contributed by atoms with Gasteiger partial charge in [-0.25, -0.2) is 9.92 Å². The van der Waals surface area contributed by atoms with Gasteiger partial charge in [-0.15, -0.1) is 0 Å². The van der Waals surface area contributed by atoms with E-state index < -0.39 is 30.2 Å². The molecule has 1 aliphatic carbocycles. The zero-order valence-electron chi connectivity index (χ0n) is 8.12. The third-order valence-corrected chi connectivity index (χ3v) is 2.89. The molecular weight excluding hydrogens is 244 g/mol. The number of hydrogen-bond acceptors (Lipinski definition) is 3. The van der Waals surface area contributed by atoms with Gasteiger partial charge in [-0.05, 0) is 6.42 Å². The minimum absolute atomic E-state index is 0.119. The lowest BCUT2D eigenvalue weighted by molar-refractivity contribution is -0.182. The van der Waals surface area contributed by atoms with Gasteiger partial charge in [-0.1, -0.05) is 24.4 Å². The summed E-state index contributed by atoms with van der Waals surface area (Å²) in [5.74, 6) is -3.11. The highest BCUT2D eigenvalue weighted by atomic mass is 32.1. The molecule has 1 N–H and O–H groups in total. The average Bonchev–Trinajstić information content (AvgIpc) is 2.20. The van der Waals surface area contributed by atoms with Gasteiger partial charge in [-0.2, -0.15) is 18.3 Å². The van der Waals surface area contributed by atoms with Crippen LogP contribution in [0.25, 0.3) is 0 Å². The fourth-order valence-electron chi connectivity index (χ4n) is 1.73. The maximum Gasteiger partial charge on any atom is 0.397 e. The first-order valence-corrected chi connectivity index (χ1v) is 5.08. The molecule has 16 heavy (non-hydrogen) atoms. The maximum absolute atomic E-state index is 13.7. The molecule has 4 unspecified atom stereocenters. The maximum atomic E-state index is 13.7. The summed E-state index contributed by atoms with van der Waals surface area (Å²) < 4.78 is 50.9. The van der Waals surface area contributed by atoms with E-state index in [0.29, 0.717) is 0 Å². The third kappa shape index (κ3) is 2.63. The topological polar surface area (TPSA) is 36.2 Å². The van der Waals surface area contributed by atoms with Crippen LogP contribution in [0.15, 0.2) is 17.3 Å². The van der Waals surface area contributed by atoms with E-state index in [2.05, 4.69) is 17.3 Å². The Morgan fingerprint density at radius 3 is 2.56 bits per heavy atom. The Morgan fingerprint density at radius 1 is 1.50 bits per heavy atom. The minimum Gasteiger partial charge on any atom is -0.246 e. The lowest BCUT2D eigenvalue weighted by atomic mass is 9.80. The molecule has 0 aromatic heterocycles. The van der Waals surface area contributed by atoms with Crippen LogP contribution in [0.2, 0.25) is 0 Å². The van der Waals surface area contributed by atoms with Gasteiger partial charge in [0.15, 0.2) is 0 Å². The number of halogens is 4. The number of hydrogen-bond donors (Lipinski definition) is 1. The Balaban J connectivity index is 2.90. The van der Waals surface area contributed by atoms with Gasteiger partial charge < -0.3 is 0 Å². The van der Waals surface area contributed by atoms with Crippen LogP contribution in [0.1, 0.15) is 6.42 Å². The second kappa shape index (κ2) is 4.99. The van der Waals surface area contributed by atoms with Crippen molar-refractivity contribution < 1.29 is 17.6 Å². The van der Waals surface area contributed by atoms with Crippen LogP contribution in [-0.4, -0.2) is 23.8 Å². The predicted molar refractivity (Wildman–Crippen MR) is 54.3 cm³/mol. The quantitative estimate of drug-likeness (QED) is 0.356. The SMILES string of the molecule is N=NC(C=S)C1CC=CC(C(F)(F)F)C1F. The molecule has 0 aromatic carbocycles. The van der Waals surface area contributed by atoms with Crippen molar-refractivity contribution in [2.24, 2.45) is 17.0 Å². The van der Waals surface area contributed by atoms with E-state index in [1.807, 2.05) is 0 Å². The van der Waals surface area contributed by atoms with Crippen LogP contribution < -0.4 is 0 Å². The van der Waals surface area contributed by atoms with Crippen molar-refractivity contribution in [2.45, 2.75) is 24.8 Å². The number of rotatable bonds is 3. The normalized spacial score (nSPS) is 32.1. The number of nitrogens with zero attached hydrogens (tertiary/aromatic N) is 1. The Bertz CT molecular complexity index is 294. The first kappa shape index (κ1) is 13.2. The van der Waals surface area contributed by atoms with E-state index >= 15 is 0 Å². The first-order chi connectivity index (χ1) is 7.41. The summed E-state index contributed by atoms with van der Waals surface area (Å²) >= 11 is 4.53. The molecule has 0 saturated carbocycles. The summed E-state index contributed by atoms with van der Waals surface area (Å²) in [5.41, 5.74) is 6.76. The summed E-state index contributed by atoms with van der Waals surface area (Å²) in [6.07, 6.45) is -4.49. The molecule has 0 heterocycles. The number of alkyl halides is 4. The highest BCUT2D eigenvalue weighted by Gasteiger charge is 2.48. The highest BCUT2D eigenvalue weighted by Crippen LogP contribution is 2.39. The monoisotopic (exact) mass is 254 g/mol. The molecule has 1 aliphatic rings. The molecule has 1 rings (SSSR count). The molecule has 0 spiro atoms. The molecule has 0 radical (unpaired) electrons. The van der Waals surface area contributed by atoms with E-state index in [1.165, 1.54) is 6.08 Å². The molecule has 2 nitrogen and oxygen atoms in total. The minimum atomic E-state index is -4.61. The van der Waals surface area contributed by atoms with Gasteiger partial charge >= 0.3 is 6.18 Å². The van der Waals surface area contributed by atoms with Gasteiger partial charge in [0, 0.05) is 11.3 Å². The van der Waals surface area contributed by atoms with E-state index in [0.717, 1.165) is 11.4 Å².